The molecule has 2 rings (SSSR count). The number of nitrogens with zero attached hydrogens (tertiary/aromatic N) is 4. The van der Waals surface area contributed by atoms with Crippen LogP contribution in [0.15, 0.2) is 4.99 Å². The Morgan fingerprint density at radius 3 is 2.28 bits per heavy atom. The van der Waals surface area contributed by atoms with Gasteiger partial charge in [-0.3, -0.25) is 9.89 Å². The summed E-state index contributed by atoms with van der Waals surface area (Å²) >= 11 is 0. The van der Waals surface area contributed by atoms with Gasteiger partial charge in [0.05, 0.1) is 25.0 Å². The van der Waals surface area contributed by atoms with Crippen LogP contribution in [-0.2, 0) is 14.8 Å². The fraction of sp³-hybridized carbons (Fsp3) is 0.950. The van der Waals surface area contributed by atoms with Crippen LogP contribution in [-0.4, -0.2) is 105 Å². The zero-order chi connectivity index (χ0) is 21.3. The molecule has 2 fully saturated rings. The fourth-order valence-corrected chi connectivity index (χ4v) is 5.21. The number of aliphatic imine (C=N–C) groups is 1. The summed E-state index contributed by atoms with van der Waals surface area (Å²) in [6.45, 7) is 14.7. The van der Waals surface area contributed by atoms with E-state index in [1.165, 1.54) is 25.9 Å². The molecule has 1 atom stereocenters. The van der Waals surface area contributed by atoms with E-state index in [2.05, 4.69) is 29.0 Å². The molecule has 0 aromatic heterocycles. The number of ether oxygens (including phenoxy) is 1. The minimum absolute atomic E-state index is 0.0490. The lowest BCUT2D eigenvalue weighted by Crippen LogP contribution is -2.54. The Morgan fingerprint density at radius 2 is 1.72 bits per heavy atom. The van der Waals surface area contributed by atoms with Crippen molar-refractivity contribution in [2.75, 3.05) is 64.7 Å². The molecule has 0 radical (unpaired) electrons. The second kappa shape index (κ2) is 12.1. The molecule has 0 spiro atoms. The van der Waals surface area contributed by atoms with Gasteiger partial charge in [0.15, 0.2) is 5.96 Å². The molecule has 1 unspecified atom stereocenters. The normalized spacial score (nSPS) is 21.1. The van der Waals surface area contributed by atoms with E-state index in [4.69, 9.17) is 9.73 Å². The molecule has 170 valence electrons. The predicted molar refractivity (Wildman–Crippen MR) is 119 cm³/mol. The number of nitrogens with one attached hydrogen (secondary N) is 1. The first-order valence-electron chi connectivity index (χ1n) is 11.2. The number of hydrogen-bond donors (Lipinski definition) is 1. The van der Waals surface area contributed by atoms with Gasteiger partial charge in [0.2, 0.25) is 10.0 Å². The molecule has 0 aliphatic carbocycles. The summed E-state index contributed by atoms with van der Waals surface area (Å²) in [5.41, 5.74) is 0. The van der Waals surface area contributed by atoms with E-state index in [9.17, 15) is 8.42 Å². The van der Waals surface area contributed by atoms with E-state index in [1.54, 1.807) is 4.31 Å². The molecule has 0 bridgehead atoms. The second-order valence-corrected chi connectivity index (χ2v) is 10.2. The van der Waals surface area contributed by atoms with Gasteiger partial charge in [-0.15, -0.1) is 0 Å². The highest BCUT2D eigenvalue weighted by Gasteiger charge is 2.28. The van der Waals surface area contributed by atoms with Crippen molar-refractivity contribution < 1.29 is 13.2 Å². The number of rotatable bonds is 10. The summed E-state index contributed by atoms with van der Waals surface area (Å²) in [7, 11) is -3.27. The van der Waals surface area contributed by atoms with Crippen LogP contribution in [0, 0.1) is 0 Å². The lowest BCUT2D eigenvalue weighted by molar-refractivity contribution is 0.0904. The Labute approximate surface area is 177 Å². The Balaban J connectivity index is 1.89. The summed E-state index contributed by atoms with van der Waals surface area (Å²) in [6.07, 6.45) is 3.74. The number of guanidine groups is 1. The van der Waals surface area contributed by atoms with Crippen LogP contribution in [0.3, 0.4) is 0 Å². The number of piperazine rings is 1. The van der Waals surface area contributed by atoms with Gasteiger partial charge in [0, 0.05) is 38.8 Å². The van der Waals surface area contributed by atoms with Crippen molar-refractivity contribution in [2.45, 2.75) is 59.1 Å². The van der Waals surface area contributed by atoms with Crippen molar-refractivity contribution in [1.82, 2.24) is 19.4 Å². The Kier molecular flexibility index (Phi) is 10.1. The minimum Gasteiger partial charge on any atom is -0.378 e. The monoisotopic (exact) mass is 431 g/mol. The molecule has 0 aromatic carbocycles. The lowest BCUT2D eigenvalue weighted by Gasteiger charge is -2.36. The summed E-state index contributed by atoms with van der Waals surface area (Å²) in [5.74, 6) is 0.957. The summed E-state index contributed by atoms with van der Waals surface area (Å²) in [6, 6.07) is 0.494. The smallest absolute Gasteiger partial charge is 0.216 e. The van der Waals surface area contributed by atoms with Crippen LogP contribution >= 0.6 is 0 Å². The zero-order valence-electron chi connectivity index (χ0n) is 18.8. The maximum Gasteiger partial charge on any atom is 0.216 e. The first kappa shape index (κ1) is 24.4. The Hall–Kier alpha value is -0.900. The van der Waals surface area contributed by atoms with E-state index in [1.807, 2.05) is 13.8 Å². The number of likely N-dealkylation sites (tertiary alicyclic amines) is 1. The third-order valence-electron chi connectivity index (χ3n) is 5.64. The number of hydrogen-bond acceptors (Lipinski definition) is 5. The molecule has 8 nitrogen and oxygen atoms in total. The van der Waals surface area contributed by atoms with Gasteiger partial charge in [0.25, 0.3) is 0 Å². The highest BCUT2D eigenvalue weighted by Crippen LogP contribution is 2.15. The lowest BCUT2D eigenvalue weighted by atomic mass is 10.2. The molecule has 9 heteroatoms. The number of sulfonamides is 1. The third kappa shape index (κ3) is 7.70. The van der Waals surface area contributed by atoms with E-state index >= 15 is 0 Å². The second-order valence-electron chi connectivity index (χ2n) is 8.12. The van der Waals surface area contributed by atoms with E-state index in [0.717, 1.165) is 25.5 Å². The van der Waals surface area contributed by atoms with Crippen LogP contribution in [0.1, 0.15) is 47.0 Å². The van der Waals surface area contributed by atoms with Crippen molar-refractivity contribution in [2.24, 2.45) is 4.99 Å². The van der Waals surface area contributed by atoms with Crippen LogP contribution in [0.4, 0.5) is 0 Å². The van der Waals surface area contributed by atoms with Crippen molar-refractivity contribution in [1.29, 1.82) is 0 Å². The van der Waals surface area contributed by atoms with Gasteiger partial charge in [-0.05, 0) is 53.1 Å². The molecule has 29 heavy (non-hydrogen) atoms. The molecule has 0 amide bonds. The van der Waals surface area contributed by atoms with Gasteiger partial charge < -0.3 is 15.0 Å². The molecule has 2 aliphatic rings. The van der Waals surface area contributed by atoms with Gasteiger partial charge in [-0.1, -0.05) is 6.92 Å². The largest absolute Gasteiger partial charge is 0.378 e. The molecular formula is C20H41N5O3S. The van der Waals surface area contributed by atoms with Gasteiger partial charge >= 0.3 is 0 Å². The van der Waals surface area contributed by atoms with Gasteiger partial charge in [-0.2, -0.15) is 4.31 Å². The SMILES string of the molecule is CCNC(=NCC(CC)N1CCCC1)N1CCN(S(=O)(=O)CCOC(C)C)CC1. The molecular weight excluding hydrogens is 390 g/mol. The maximum absolute atomic E-state index is 12.5. The molecule has 0 aromatic rings. The first-order valence-corrected chi connectivity index (χ1v) is 12.8. The average Bonchev–Trinajstić information content (AvgIpc) is 3.22. The molecule has 2 saturated heterocycles. The van der Waals surface area contributed by atoms with E-state index < -0.39 is 10.0 Å². The topological polar surface area (TPSA) is 77.5 Å². The summed E-state index contributed by atoms with van der Waals surface area (Å²) < 4.78 is 32.1. The molecule has 1 N–H and O–H groups in total. The highest BCUT2D eigenvalue weighted by molar-refractivity contribution is 7.89. The Bertz CT molecular complexity index is 597. The first-order chi connectivity index (χ1) is 13.9. The van der Waals surface area contributed by atoms with Gasteiger partial charge in [0.1, 0.15) is 0 Å². The van der Waals surface area contributed by atoms with Crippen molar-refractivity contribution in [3.8, 4) is 0 Å². The summed E-state index contributed by atoms with van der Waals surface area (Å²) in [4.78, 5) is 9.65. The molecule has 2 heterocycles. The standard InChI is InChI=1S/C20H41N5O3S/c1-5-19(23-9-7-8-10-23)17-22-20(21-6-2)24-11-13-25(14-12-24)29(26,27)16-15-28-18(3)4/h18-19H,5-17H2,1-4H3,(H,21,22). The third-order valence-corrected chi connectivity index (χ3v) is 7.47. The van der Waals surface area contributed by atoms with E-state index in [0.29, 0.717) is 32.2 Å². The highest BCUT2D eigenvalue weighted by atomic mass is 32.2. The zero-order valence-corrected chi connectivity index (χ0v) is 19.6. The molecule has 0 saturated carbocycles. The van der Waals surface area contributed by atoms with Crippen molar-refractivity contribution >= 4 is 16.0 Å². The predicted octanol–water partition coefficient (Wildman–Crippen LogP) is 1.20. The quantitative estimate of drug-likeness (QED) is 0.414. The Morgan fingerprint density at radius 1 is 1.07 bits per heavy atom. The maximum atomic E-state index is 12.5. The van der Waals surface area contributed by atoms with Crippen LogP contribution < -0.4 is 5.32 Å². The van der Waals surface area contributed by atoms with Crippen LogP contribution in [0.25, 0.3) is 0 Å². The van der Waals surface area contributed by atoms with Crippen molar-refractivity contribution in [3.05, 3.63) is 0 Å². The van der Waals surface area contributed by atoms with Crippen LogP contribution in [0.5, 0.6) is 0 Å². The van der Waals surface area contributed by atoms with Crippen molar-refractivity contribution in [3.63, 3.8) is 0 Å². The average molecular weight is 432 g/mol. The fourth-order valence-electron chi connectivity index (χ4n) is 3.92. The van der Waals surface area contributed by atoms with E-state index in [-0.39, 0.29) is 18.5 Å². The minimum atomic E-state index is -3.27. The summed E-state index contributed by atoms with van der Waals surface area (Å²) in [5, 5.41) is 3.39. The molecule has 2 aliphatic heterocycles. The van der Waals surface area contributed by atoms with Gasteiger partial charge in [-0.25, -0.2) is 8.42 Å². The van der Waals surface area contributed by atoms with Crippen LogP contribution in [0.2, 0.25) is 0 Å².